The summed E-state index contributed by atoms with van der Waals surface area (Å²) in [5.74, 6) is 1.28. The monoisotopic (exact) mass is 478 g/mol. The number of halogens is 1. The van der Waals surface area contributed by atoms with Crippen molar-refractivity contribution in [2.45, 2.75) is 64.6 Å². The minimum Gasteiger partial charge on any atom is -1.00 e. The van der Waals surface area contributed by atoms with Crippen molar-refractivity contribution in [2.75, 3.05) is 33.2 Å². The molecule has 0 spiro atoms. The Kier molecular flexibility index (Phi) is 13.1. The highest BCUT2D eigenvalue weighted by Gasteiger charge is 2.26. The zero-order valence-electron chi connectivity index (χ0n) is 18.2. The van der Waals surface area contributed by atoms with Crippen LogP contribution in [0, 0.1) is 0 Å². The average molecular weight is 480 g/mol. The summed E-state index contributed by atoms with van der Waals surface area (Å²) in [7, 11) is -2.60. The highest BCUT2D eigenvalue weighted by Crippen LogP contribution is 2.48. The molecule has 0 aliphatic carbocycles. The minimum atomic E-state index is -1.38. The first-order chi connectivity index (χ1) is 12.2. The third-order valence-electron chi connectivity index (χ3n) is 4.63. The summed E-state index contributed by atoms with van der Waals surface area (Å²) in [5.41, 5.74) is 0. The fraction of sp³-hybridized carbons (Fsp3) is 0.714. The van der Waals surface area contributed by atoms with Crippen LogP contribution in [0.4, 0.5) is 0 Å². The van der Waals surface area contributed by atoms with Gasteiger partial charge in [0.05, 0.1) is 26.6 Å². The first kappa shape index (κ1) is 26.9. The average Bonchev–Trinajstić information content (AvgIpc) is 2.53. The van der Waals surface area contributed by atoms with E-state index in [1.165, 1.54) is 43.5 Å². The van der Waals surface area contributed by atoms with Gasteiger partial charge in [-0.3, -0.25) is 0 Å². The van der Waals surface area contributed by atoms with E-state index in [2.05, 4.69) is 40.0 Å². The third-order valence-corrected chi connectivity index (χ3v) is 9.05. The van der Waals surface area contributed by atoms with Crippen molar-refractivity contribution in [1.29, 1.82) is 0 Å². The molecule has 0 fully saturated rings. The van der Waals surface area contributed by atoms with E-state index in [9.17, 15) is 5.11 Å². The lowest BCUT2D eigenvalue weighted by Crippen LogP contribution is -3.00. The van der Waals surface area contributed by atoms with Crippen molar-refractivity contribution in [3.8, 4) is 11.5 Å². The lowest BCUT2D eigenvalue weighted by atomic mass is 10.1. The SMILES string of the molecule is CCO[Si](C)(C)CCCCCCCCOc1ccc(O)cc1[P+](C)(C)C.[Br-]. The molecule has 158 valence electrons. The number of rotatable bonds is 13. The second-order valence-corrected chi connectivity index (χ2v) is 17.4. The molecule has 0 amide bonds. The van der Waals surface area contributed by atoms with E-state index in [-0.39, 0.29) is 17.0 Å². The summed E-state index contributed by atoms with van der Waals surface area (Å²) in [6.07, 6.45) is 7.55. The molecular formula is C21H40BrO3PSi. The molecule has 0 unspecified atom stereocenters. The molecule has 0 aliphatic rings. The third kappa shape index (κ3) is 11.5. The molecule has 1 aromatic rings. The highest BCUT2D eigenvalue weighted by molar-refractivity contribution is 7.81. The maximum atomic E-state index is 9.75. The van der Waals surface area contributed by atoms with Crippen molar-refractivity contribution >= 4 is 20.9 Å². The van der Waals surface area contributed by atoms with Crippen LogP contribution in [0.3, 0.4) is 0 Å². The molecule has 0 radical (unpaired) electrons. The quantitative estimate of drug-likeness (QED) is 0.269. The molecule has 1 rings (SSSR count). The van der Waals surface area contributed by atoms with Gasteiger partial charge in [-0.2, -0.15) is 0 Å². The molecular weight excluding hydrogens is 439 g/mol. The van der Waals surface area contributed by atoms with Crippen LogP contribution in [0.25, 0.3) is 0 Å². The topological polar surface area (TPSA) is 38.7 Å². The maximum Gasteiger partial charge on any atom is 0.186 e. The molecule has 0 heterocycles. The van der Waals surface area contributed by atoms with Crippen LogP contribution >= 0.6 is 7.26 Å². The molecule has 1 aromatic carbocycles. The molecule has 3 nitrogen and oxygen atoms in total. The van der Waals surface area contributed by atoms with Gasteiger partial charge in [0.1, 0.15) is 11.1 Å². The largest absolute Gasteiger partial charge is 1.00 e. The summed E-state index contributed by atoms with van der Waals surface area (Å²) < 4.78 is 11.9. The summed E-state index contributed by atoms with van der Waals surface area (Å²) in [6.45, 7) is 15.1. The summed E-state index contributed by atoms with van der Waals surface area (Å²) in [6, 6.07) is 6.79. The van der Waals surface area contributed by atoms with E-state index in [1.54, 1.807) is 6.07 Å². The van der Waals surface area contributed by atoms with Crippen LogP contribution in [0.5, 0.6) is 11.5 Å². The molecule has 0 aliphatic heterocycles. The van der Waals surface area contributed by atoms with Crippen LogP contribution in [0.2, 0.25) is 19.1 Å². The molecule has 6 heteroatoms. The van der Waals surface area contributed by atoms with Gasteiger partial charge < -0.3 is 31.3 Å². The Labute approximate surface area is 179 Å². The van der Waals surface area contributed by atoms with Gasteiger partial charge in [0.15, 0.2) is 14.1 Å². The zero-order valence-corrected chi connectivity index (χ0v) is 21.7. The lowest BCUT2D eigenvalue weighted by molar-refractivity contribution is -0.00000853. The Bertz CT molecular complexity index is 533. The molecule has 27 heavy (non-hydrogen) atoms. The Morgan fingerprint density at radius 2 is 1.56 bits per heavy atom. The highest BCUT2D eigenvalue weighted by atomic mass is 79.9. The molecule has 0 saturated heterocycles. The number of ether oxygens (including phenoxy) is 1. The molecule has 1 N–H and O–H groups in total. The molecule has 0 aromatic heterocycles. The van der Waals surface area contributed by atoms with Gasteiger partial charge in [0.2, 0.25) is 0 Å². The predicted molar refractivity (Wildman–Crippen MR) is 120 cm³/mol. The van der Waals surface area contributed by atoms with E-state index < -0.39 is 15.6 Å². The van der Waals surface area contributed by atoms with Crippen molar-refractivity contribution < 1.29 is 31.3 Å². The van der Waals surface area contributed by atoms with Crippen molar-refractivity contribution in [3.63, 3.8) is 0 Å². The van der Waals surface area contributed by atoms with E-state index in [1.807, 2.05) is 12.1 Å². The van der Waals surface area contributed by atoms with Crippen molar-refractivity contribution in [1.82, 2.24) is 0 Å². The Morgan fingerprint density at radius 1 is 0.963 bits per heavy atom. The predicted octanol–water partition coefficient (Wildman–Crippen LogP) is 2.89. The Balaban J connectivity index is 0.00000676. The minimum absolute atomic E-state index is 0. The van der Waals surface area contributed by atoms with Gasteiger partial charge in [0.25, 0.3) is 0 Å². The number of aromatic hydroxyl groups is 1. The van der Waals surface area contributed by atoms with Gasteiger partial charge in [0, 0.05) is 19.9 Å². The van der Waals surface area contributed by atoms with Crippen LogP contribution in [-0.4, -0.2) is 46.6 Å². The maximum absolute atomic E-state index is 9.75. The lowest BCUT2D eigenvalue weighted by Gasteiger charge is -2.21. The molecule has 0 saturated carbocycles. The summed E-state index contributed by atoms with van der Waals surface area (Å²) >= 11 is 0. The number of hydrogen-bond acceptors (Lipinski definition) is 3. The summed E-state index contributed by atoms with van der Waals surface area (Å²) in [4.78, 5) is 0. The Morgan fingerprint density at radius 3 is 2.15 bits per heavy atom. The second-order valence-electron chi connectivity index (χ2n) is 8.58. The van der Waals surface area contributed by atoms with Gasteiger partial charge in [-0.1, -0.05) is 32.1 Å². The zero-order chi connectivity index (χ0) is 19.6. The van der Waals surface area contributed by atoms with Crippen LogP contribution in [-0.2, 0) is 4.43 Å². The fourth-order valence-corrected chi connectivity index (χ4v) is 6.50. The van der Waals surface area contributed by atoms with Crippen LogP contribution in [0.1, 0.15) is 45.4 Å². The molecule has 0 bridgehead atoms. The normalized spacial score (nSPS) is 11.9. The number of hydrogen-bond donors (Lipinski definition) is 1. The van der Waals surface area contributed by atoms with Crippen LogP contribution < -0.4 is 27.0 Å². The number of phenols is 1. The van der Waals surface area contributed by atoms with Crippen molar-refractivity contribution in [3.05, 3.63) is 18.2 Å². The van der Waals surface area contributed by atoms with E-state index in [4.69, 9.17) is 9.16 Å². The van der Waals surface area contributed by atoms with E-state index in [0.717, 1.165) is 25.4 Å². The van der Waals surface area contributed by atoms with Gasteiger partial charge in [-0.15, -0.1) is 0 Å². The first-order valence-corrected chi connectivity index (χ1v) is 16.3. The van der Waals surface area contributed by atoms with Gasteiger partial charge in [-0.05, 0) is 44.6 Å². The fourth-order valence-electron chi connectivity index (χ4n) is 3.16. The van der Waals surface area contributed by atoms with Gasteiger partial charge in [-0.25, -0.2) is 0 Å². The van der Waals surface area contributed by atoms with E-state index >= 15 is 0 Å². The smallest absolute Gasteiger partial charge is 0.186 e. The standard InChI is InChI=1S/C21H39O3PSi.BrH/c1-7-24-26(5,6)17-13-11-9-8-10-12-16-23-20-15-14-19(22)18-21(20)25(2,3)4;/h14-15,18H,7-13,16-17H2,1-6H3;1H. The number of unbranched alkanes of at least 4 members (excludes halogenated alkanes) is 5. The van der Waals surface area contributed by atoms with E-state index in [0.29, 0.717) is 5.75 Å². The Hall–Kier alpha value is -0.0931. The molecule has 0 atom stereocenters. The van der Waals surface area contributed by atoms with Crippen molar-refractivity contribution in [2.24, 2.45) is 0 Å². The first-order valence-electron chi connectivity index (χ1n) is 10.1. The number of phenolic OH excluding ortho intramolecular Hbond substituents is 1. The number of benzene rings is 1. The summed E-state index contributed by atoms with van der Waals surface area (Å²) in [5, 5.41) is 10.9. The van der Waals surface area contributed by atoms with Crippen LogP contribution in [0.15, 0.2) is 18.2 Å². The second kappa shape index (κ2) is 13.2. The van der Waals surface area contributed by atoms with Gasteiger partial charge >= 0.3 is 0 Å².